The second-order valence-electron chi connectivity index (χ2n) is 2.46. The number of rotatable bonds is 8. The van der Waals surface area contributed by atoms with Crippen molar-refractivity contribution in [1.82, 2.24) is 0 Å². The molecule has 0 saturated heterocycles. The lowest BCUT2D eigenvalue weighted by atomic mass is 11.6. The van der Waals surface area contributed by atoms with E-state index in [9.17, 15) is 18.3 Å². The van der Waals surface area contributed by atoms with E-state index in [1.54, 1.807) is 0 Å². The van der Waals surface area contributed by atoms with E-state index in [4.69, 9.17) is 29.4 Å². The number of hydrogen-bond acceptors (Lipinski definition) is 8. The van der Waals surface area contributed by atoms with E-state index in [1.807, 2.05) is 0 Å². The van der Waals surface area contributed by atoms with Crippen LogP contribution in [-0.2, 0) is 35.9 Å². The lowest BCUT2D eigenvalue weighted by Gasteiger charge is -2.14. The molecule has 0 aliphatic carbocycles. The molecule has 0 fully saturated rings. The Labute approximate surface area is 104 Å². The number of hydrogen-bond donors (Lipinski definition) is 6. The van der Waals surface area contributed by atoms with Crippen molar-refractivity contribution in [3.8, 4) is 0 Å². The largest absolute Gasteiger partial charge is 0.483 e. The fourth-order valence-electron chi connectivity index (χ4n) is 0.473. The molecule has 0 aliphatic rings. The molecule has 0 heterocycles. The van der Waals surface area contributed by atoms with E-state index in [-0.39, 0.29) is 0 Å². The van der Waals surface area contributed by atoms with Crippen LogP contribution in [0.1, 0.15) is 0 Å². The number of phosphoric acid groups is 4. The molecule has 0 aromatic carbocycles. The van der Waals surface area contributed by atoms with Crippen LogP contribution in [0.5, 0.6) is 0 Å². The maximum absolute atomic E-state index is 10.8. The predicted molar refractivity (Wildman–Crippen MR) is 52.9 cm³/mol. The minimum atomic E-state index is -5.38. The molecule has 0 rings (SSSR count). The summed E-state index contributed by atoms with van der Waals surface area (Å²) >= 11 is 0. The van der Waals surface area contributed by atoms with Crippen molar-refractivity contribution >= 4 is 31.3 Å². The summed E-state index contributed by atoms with van der Waals surface area (Å²) in [4.78, 5) is 50.0. The molecule has 6 N–H and O–H groups in total. The predicted octanol–water partition coefficient (Wildman–Crippen LogP) is -0.604. The monoisotopic (exact) mass is 368 g/mol. The summed E-state index contributed by atoms with van der Waals surface area (Å²) in [5, 5.41) is 0. The van der Waals surface area contributed by atoms with Gasteiger partial charge in [0.15, 0.2) is 6.79 Å². The van der Waals surface area contributed by atoms with Crippen molar-refractivity contribution < 1.29 is 65.3 Å². The molecule has 0 aliphatic heterocycles. The van der Waals surface area contributed by atoms with Crippen LogP contribution < -0.4 is 0 Å². The molecule has 0 spiro atoms. The van der Waals surface area contributed by atoms with Crippen LogP contribution in [-0.4, -0.2) is 36.2 Å². The zero-order valence-corrected chi connectivity index (χ0v) is 12.0. The Hall–Kier alpha value is 0.520. The van der Waals surface area contributed by atoms with Crippen molar-refractivity contribution in [3.05, 3.63) is 0 Å². The Morgan fingerprint density at radius 1 is 0.632 bits per heavy atom. The highest BCUT2D eigenvalue weighted by molar-refractivity contribution is 7.61. The maximum atomic E-state index is 10.8. The van der Waals surface area contributed by atoms with Gasteiger partial charge in [0, 0.05) is 0 Å². The standard InChI is InChI=1S/CH8O14P4/c2-16(3,4)14-18(8,9)12-1-13-19(10,11)15-17(5,6)7/h1H2,(H,8,9)(H,10,11)(H2,2,3,4)(H2,5,6,7). The lowest BCUT2D eigenvalue weighted by molar-refractivity contribution is 0.0570. The van der Waals surface area contributed by atoms with Crippen LogP contribution in [0, 0.1) is 0 Å². The highest BCUT2D eigenvalue weighted by Crippen LogP contribution is 2.60. The molecule has 2 unspecified atom stereocenters. The summed E-state index contributed by atoms with van der Waals surface area (Å²) in [7, 11) is -21.4. The van der Waals surface area contributed by atoms with E-state index in [0.29, 0.717) is 0 Å². The average molecular weight is 368 g/mol. The SMILES string of the molecule is O=P(O)(O)OP(=O)(O)OCOP(=O)(O)OP(=O)(O)O. The zero-order valence-electron chi connectivity index (χ0n) is 8.45. The Morgan fingerprint density at radius 3 is 1.11 bits per heavy atom. The summed E-state index contributed by atoms with van der Waals surface area (Å²) in [5.41, 5.74) is 0. The molecule has 0 bridgehead atoms. The number of phosphoric ester groups is 2. The smallest absolute Gasteiger partial charge is 0.302 e. The third-order valence-electron chi connectivity index (χ3n) is 0.851. The first-order valence-corrected chi connectivity index (χ1v) is 9.65. The Balaban J connectivity index is 4.38. The summed E-state index contributed by atoms with van der Waals surface area (Å²) in [6, 6.07) is 0. The van der Waals surface area contributed by atoms with E-state index in [1.165, 1.54) is 0 Å². The summed E-state index contributed by atoms with van der Waals surface area (Å²) in [5.74, 6) is 0. The second kappa shape index (κ2) is 6.52. The molecule has 116 valence electrons. The molecule has 0 saturated carbocycles. The van der Waals surface area contributed by atoms with Gasteiger partial charge in [-0.25, -0.2) is 18.3 Å². The van der Waals surface area contributed by atoms with Crippen LogP contribution in [0.2, 0.25) is 0 Å². The van der Waals surface area contributed by atoms with Crippen LogP contribution in [0.4, 0.5) is 0 Å². The maximum Gasteiger partial charge on any atom is 0.483 e. The van der Waals surface area contributed by atoms with Crippen molar-refractivity contribution in [3.63, 3.8) is 0 Å². The quantitative estimate of drug-likeness (QED) is 0.232. The summed E-state index contributed by atoms with van der Waals surface area (Å²) < 4.78 is 55.7. The Morgan fingerprint density at radius 2 is 0.895 bits per heavy atom. The highest BCUT2D eigenvalue weighted by Gasteiger charge is 2.36. The molecular formula is CH8O14P4. The van der Waals surface area contributed by atoms with E-state index < -0.39 is 38.1 Å². The lowest BCUT2D eigenvalue weighted by Crippen LogP contribution is -2.00. The van der Waals surface area contributed by atoms with Gasteiger partial charge in [0.05, 0.1) is 0 Å². The fraction of sp³-hybridized carbons (Fsp3) is 1.00. The van der Waals surface area contributed by atoms with Gasteiger partial charge >= 0.3 is 31.3 Å². The first kappa shape index (κ1) is 19.5. The zero-order chi connectivity index (χ0) is 15.5. The van der Waals surface area contributed by atoms with Gasteiger partial charge in [-0.2, -0.15) is 8.62 Å². The van der Waals surface area contributed by atoms with Gasteiger partial charge in [0.25, 0.3) is 0 Å². The molecule has 0 amide bonds. The van der Waals surface area contributed by atoms with Crippen LogP contribution >= 0.6 is 31.3 Å². The van der Waals surface area contributed by atoms with Gasteiger partial charge in [-0.15, -0.1) is 0 Å². The molecule has 0 aromatic heterocycles. The normalized spacial score (nSPS) is 19.7. The van der Waals surface area contributed by atoms with Gasteiger partial charge in [-0.3, -0.25) is 9.05 Å². The fourth-order valence-corrected chi connectivity index (χ4v) is 3.46. The molecule has 18 heteroatoms. The molecule has 19 heavy (non-hydrogen) atoms. The van der Waals surface area contributed by atoms with Crippen molar-refractivity contribution in [2.24, 2.45) is 0 Å². The molecule has 0 aromatic rings. The van der Waals surface area contributed by atoms with Crippen molar-refractivity contribution in [1.29, 1.82) is 0 Å². The van der Waals surface area contributed by atoms with Gasteiger partial charge < -0.3 is 29.4 Å². The first-order chi connectivity index (χ1) is 8.12. The third-order valence-corrected chi connectivity index (χ3v) is 5.07. The Kier molecular flexibility index (Phi) is 6.70. The summed E-state index contributed by atoms with van der Waals surface area (Å²) in [6.45, 7) is -1.60. The van der Waals surface area contributed by atoms with Crippen LogP contribution in [0.15, 0.2) is 0 Å². The topological polar surface area (TPSA) is 227 Å². The minimum absolute atomic E-state index is 1.60. The van der Waals surface area contributed by atoms with Crippen LogP contribution in [0.3, 0.4) is 0 Å². The van der Waals surface area contributed by atoms with Gasteiger partial charge in [-0.05, 0) is 0 Å². The Bertz CT molecular complexity index is 434. The molecule has 2 atom stereocenters. The van der Waals surface area contributed by atoms with E-state index >= 15 is 0 Å². The van der Waals surface area contributed by atoms with Crippen molar-refractivity contribution in [2.45, 2.75) is 0 Å². The first-order valence-electron chi connectivity index (χ1n) is 3.60. The van der Waals surface area contributed by atoms with Gasteiger partial charge in [0.1, 0.15) is 0 Å². The average Bonchev–Trinajstić information content (AvgIpc) is 1.90. The molecular weight excluding hydrogens is 360 g/mol. The molecule has 0 radical (unpaired) electrons. The minimum Gasteiger partial charge on any atom is -0.302 e. The van der Waals surface area contributed by atoms with Crippen molar-refractivity contribution in [2.75, 3.05) is 6.79 Å². The van der Waals surface area contributed by atoms with Gasteiger partial charge in [-0.1, -0.05) is 0 Å². The second-order valence-corrected chi connectivity index (χ2v) is 8.12. The molecule has 14 nitrogen and oxygen atoms in total. The van der Waals surface area contributed by atoms with E-state index in [2.05, 4.69) is 17.7 Å². The van der Waals surface area contributed by atoms with Gasteiger partial charge in [0.2, 0.25) is 0 Å². The van der Waals surface area contributed by atoms with E-state index in [0.717, 1.165) is 0 Å². The summed E-state index contributed by atoms with van der Waals surface area (Å²) in [6.07, 6.45) is 0. The van der Waals surface area contributed by atoms with Crippen LogP contribution in [0.25, 0.3) is 0 Å². The third kappa shape index (κ3) is 12.0. The highest BCUT2D eigenvalue weighted by atomic mass is 31.3.